The highest BCUT2D eigenvalue weighted by molar-refractivity contribution is 6.04. The van der Waals surface area contributed by atoms with E-state index in [0.29, 0.717) is 13.2 Å². The van der Waals surface area contributed by atoms with Crippen LogP contribution in [0.4, 0.5) is 18.9 Å². The van der Waals surface area contributed by atoms with E-state index >= 15 is 0 Å². The Kier molecular flexibility index (Phi) is 6.98. The van der Waals surface area contributed by atoms with Gasteiger partial charge in [0.1, 0.15) is 12.7 Å². The number of halogens is 3. The van der Waals surface area contributed by atoms with Crippen LogP contribution in [0.2, 0.25) is 0 Å². The van der Waals surface area contributed by atoms with Gasteiger partial charge in [0, 0.05) is 13.2 Å². The lowest BCUT2D eigenvalue weighted by molar-refractivity contribution is -0.184. The Bertz CT molecular complexity index is 631. The monoisotopic (exact) mass is 374 g/mol. The molecule has 1 aromatic carbocycles. The first-order valence-corrected chi connectivity index (χ1v) is 8.24. The third kappa shape index (κ3) is 6.30. The first-order valence-electron chi connectivity index (χ1n) is 8.24. The Morgan fingerprint density at radius 1 is 1.35 bits per heavy atom. The van der Waals surface area contributed by atoms with Crippen molar-refractivity contribution >= 4 is 17.5 Å². The molecule has 0 aliphatic carbocycles. The van der Waals surface area contributed by atoms with Gasteiger partial charge in [0.2, 0.25) is 0 Å². The molecule has 1 saturated heterocycles. The fourth-order valence-corrected chi connectivity index (χ4v) is 2.43. The average Bonchev–Trinajstić information content (AvgIpc) is 3.10. The zero-order chi connectivity index (χ0) is 19.2. The predicted octanol–water partition coefficient (Wildman–Crippen LogP) is 2.50. The summed E-state index contributed by atoms with van der Waals surface area (Å²) in [4.78, 5) is 24.3. The lowest BCUT2D eigenvalue weighted by Gasteiger charge is -2.17. The fraction of sp³-hybridized carbons (Fsp3) is 0.529. The second kappa shape index (κ2) is 9.00. The van der Waals surface area contributed by atoms with Crippen molar-refractivity contribution in [2.75, 3.05) is 25.1 Å². The molecule has 2 amide bonds. The number of alkyl halides is 3. The first-order chi connectivity index (χ1) is 12.3. The van der Waals surface area contributed by atoms with E-state index < -0.39 is 30.7 Å². The van der Waals surface area contributed by atoms with Crippen molar-refractivity contribution in [3.05, 3.63) is 29.8 Å². The Morgan fingerprint density at radius 2 is 2.08 bits per heavy atom. The summed E-state index contributed by atoms with van der Waals surface area (Å²) in [7, 11) is 0. The van der Waals surface area contributed by atoms with Crippen molar-refractivity contribution in [1.29, 1.82) is 0 Å². The van der Waals surface area contributed by atoms with Gasteiger partial charge in [-0.2, -0.15) is 13.2 Å². The van der Waals surface area contributed by atoms with Gasteiger partial charge < -0.3 is 20.1 Å². The molecule has 1 aliphatic rings. The summed E-state index contributed by atoms with van der Waals surface area (Å²) in [5.41, 5.74) is 0.409. The third-order valence-electron chi connectivity index (χ3n) is 3.81. The van der Waals surface area contributed by atoms with Crippen LogP contribution in [-0.4, -0.2) is 50.0 Å². The van der Waals surface area contributed by atoms with Crippen LogP contribution in [0.5, 0.6) is 0 Å². The van der Waals surface area contributed by atoms with E-state index in [1.54, 1.807) is 12.1 Å². The lowest BCUT2D eigenvalue weighted by Crippen LogP contribution is -2.34. The van der Waals surface area contributed by atoms with E-state index in [9.17, 15) is 22.8 Å². The Labute approximate surface area is 149 Å². The Balaban J connectivity index is 1.94. The van der Waals surface area contributed by atoms with Crippen molar-refractivity contribution in [3.63, 3.8) is 0 Å². The van der Waals surface area contributed by atoms with Crippen LogP contribution in [-0.2, 0) is 14.3 Å². The molecule has 1 aromatic rings. The lowest BCUT2D eigenvalue weighted by atomic mass is 10.1. The van der Waals surface area contributed by atoms with E-state index in [4.69, 9.17) is 4.74 Å². The van der Waals surface area contributed by atoms with Crippen molar-refractivity contribution in [2.45, 2.75) is 38.1 Å². The second-order valence-electron chi connectivity index (χ2n) is 5.95. The van der Waals surface area contributed by atoms with E-state index in [1.165, 1.54) is 19.1 Å². The molecule has 0 unspecified atom stereocenters. The Hall–Kier alpha value is -2.13. The van der Waals surface area contributed by atoms with Gasteiger partial charge in [-0.05, 0) is 31.9 Å². The number of carbonyl (C=O) groups excluding carboxylic acids is 2. The topological polar surface area (TPSA) is 76.7 Å². The summed E-state index contributed by atoms with van der Waals surface area (Å²) in [6.45, 7) is 0.710. The highest BCUT2D eigenvalue weighted by Crippen LogP contribution is 2.18. The zero-order valence-electron chi connectivity index (χ0n) is 14.3. The maximum atomic E-state index is 12.3. The maximum Gasteiger partial charge on any atom is 0.411 e. The van der Waals surface area contributed by atoms with Gasteiger partial charge in [0.25, 0.3) is 11.8 Å². The van der Waals surface area contributed by atoms with E-state index in [0.717, 1.165) is 12.8 Å². The Morgan fingerprint density at radius 3 is 2.73 bits per heavy atom. The number of nitrogens with one attached hydrogen (secondary N) is 2. The van der Waals surface area contributed by atoms with Gasteiger partial charge in [0.15, 0.2) is 0 Å². The molecule has 0 bridgehead atoms. The molecular formula is C17H21F3N2O4. The van der Waals surface area contributed by atoms with Crippen LogP contribution in [0, 0.1) is 0 Å². The van der Waals surface area contributed by atoms with Gasteiger partial charge in [-0.25, -0.2) is 0 Å². The summed E-state index contributed by atoms with van der Waals surface area (Å²) in [5.74, 6) is -1.17. The molecule has 0 radical (unpaired) electrons. The molecular weight excluding hydrogens is 353 g/mol. The molecule has 26 heavy (non-hydrogen) atoms. The highest BCUT2D eigenvalue weighted by atomic mass is 19.4. The van der Waals surface area contributed by atoms with E-state index in [-0.39, 0.29) is 17.4 Å². The molecule has 2 rings (SSSR count). The van der Waals surface area contributed by atoms with Gasteiger partial charge in [0.05, 0.1) is 17.4 Å². The molecule has 0 saturated carbocycles. The quantitative estimate of drug-likeness (QED) is 0.769. The van der Waals surface area contributed by atoms with Crippen LogP contribution >= 0.6 is 0 Å². The summed E-state index contributed by atoms with van der Waals surface area (Å²) in [6.07, 6.45) is -4.05. The molecule has 9 heteroatoms. The molecule has 144 valence electrons. The van der Waals surface area contributed by atoms with Crippen LogP contribution < -0.4 is 10.6 Å². The van der Waals surface area contributed by atoms with E-state index in [2.05, 4.69) is 15.4 Å². The molecule has 0 aromatic heterocycles. The number of benzene rings is 1. The number of carbonyl (C=O) groups is 2. The predicted molar refractivity (Wildman–Crippen MR) is 87.8 cm³/mol. The molecule has 1 heterocycles. The van der Waals surface area contributed by atoms with Crippen LogP contribution in [0.1, 0.15) is 30.1 Å². The number of hydrogen-bond donors (Lipinski definition) is 2. The van der Waals surface area contributed by atoms with Crippen molar-refractivity contribution in [2.24, 2.45) is 0 Å². The van der Waals surface area contributed by atoms with Gasteiger partial charge in [-0.15, -0.1) is 0 Å². The second-order valence-corrected chi connectivity index (χ2v) is 5.95. The van der Waals surface area contributed by atoms with Gasteiger partial charge in [-0.1, -0.05) is 12.1 Å². The summed E-state index contributed by atoms with van der Waals surface area (Å²) < 4.78 is 46.4. The molecule has 1 aliphatic heterocycles. The molecule has 2 atom stereocenters. The molecule has 2 N–H and O–H groups in total. The van der Waals surface area contributed by atoms with Gasteiger partial charge >= 0.3 is 6.18 Å². The molecule has 0 spiro atoms. The minimum absolute atomic E-state index is 0.0310. The SMILES string of the molecule is C[C@@H](OCC(F)(F)F)C(=O)Nc1ccccc1C(=O)NC[C@H]1CCCO1. The number of hydrogen-bond acceptors (Lipinski definition) is 4. The number of anilines is 1. The zero-order valence-corrected chi connectivity index (χ0v) is 14.3. The molecule has 1 fully saturated rings. The van der Waals surface area contributed by atoms with Crippen LogP contribution in [0.15, 0.2) is 24.3 Å². The summed E-state index contributed by atoms with van der Waals surface area (Å²) in [5, 5.41) is 5.17. The van der Waals surface area contributed by atoms with Crippen molar-refractivity contribution in [3.8, 4) is 0 Å². The average molecular weight is 374 g/mol. The number of amides is 2. The van der Waals surface area contributed by atoms with Crippen LogP contribution in [0.25, 0.3) is 0 Å². The van der Waals surface area contributed by atoms with Gasteiger partial charge in [-0.3, -0.25) is 9.59 Å². The normalized spacial score (nSPS) is 18.4. The number of para-hydroxylation sites is 1. The minimum Gasteiger partial charge on any atom is -0.376 e. The van der Waals surface area contributed by atoms with E-state index in [1.807, 2.05) is 0 Å². The number of rotatable bonds is 7. The van der Waals surface area contributed by atoms with Crippen LogP contribution in [0.3, 0.4) is 0 Å². The standard InChI is InChI=1S/C17H21F3N2O4/c1-11(26-10-17(18,19)20)15(23)22-14-7-3-2-6-13(14)16(24)21-9-12-5-4-8-25-12/h2-3,6-7,11-12H,4-5,8-10H2,1H3,(H,21,24)(H,22,23)/t11-,12-/m1/s1. The van der Waals surface area contributed by atoms with Crippen molar-refractivity contribution < 1.29 is 32.2 Å². The highest BCUT2D eigenvalue weighted by Gasteiger charge is 2.30. The third-order valence-corrected chi connectivity index (χ3v) is 3.81. The summed E-state index contributed by atoms with van der Waals surface area (Å²) in [6, 6.07) is 6.24. The minimum atomic E-state index is -4.52. The van der Waals surface area contributed by atoms with Crippen molar-refractivity contribution in [1.82, 2.24) is 5.32 Å². The summed E-state index contributed by atoms with van der Waals surface area (Å²) >= 11 is 0. The number of ether oxygens (including phenoxy) is 2. The molecule has 6 nitrogen and oxygen atoms in total. The smallest absolute Gasteiger partial charge is 0.376 e. The first kappa shape index (κ1) is 20.2. The largest absolute Gasteiger partial charge is 0.411 e. The fourth-order valence-electron chi connectivity index (χ4n) is 2.43. The maximum absolute atomic E-state index is 12.3.